The monoisotopic (exact) mass is 421 g/mol. The predicted molar refractivity (Wildman–Crippen MR) is 126 cm³/mol. The summed E-state index contributed by atoms with van der Waals surface area (Å²) in [5.74, 6) is 0.648. The molecule has 1 amide bonds. The third kappa shape index (κ3) is 4.22. The van der Waals surface area contributed by atoms with E-state index in [2.05, 4.69) is 27.4 Å². The van der Waals surface area contributed by atoms with Gasteiger partial charge in [0, 0.05) is 20.9 Å². The van der Waals surface area contributed by atoms with E-state index < -0.39 is 0 Å². The highest BCUT2D eigenvalue weighted by Crippen LogP contribution is 2.33. The largest absolute Gasteiger partial charge is 0.338 e. The van der Waals surface area contributed by atoms with Crippen LogP contribution in [0.2, 0.25) is 0 Å². The Kier molecular flexibility index (Phi) is 5.25. The molecule has 31 heavy (non-hydrogen) atoms. The molecule has 5 aromatic rings. The van der Waals surface area contributed by atoms with Gasteiger partial charge in [0.1, 0.15) is 5.82 Å². The van der Waals surface area contributed by atoms with Crippen molar-refractivity contribution in [2.75, 3.05) is 5.32 Å². The van der Waals surface area contributed by atoms with Crippen molar-refractivity contribution in [2.24, 2.45) is 0 Å². The summed E-state index contributed by atoms with van der Waals surface area (Å²) in [6.45, 7) is 0. The molecule has 0 saturated carbocycles. The van der Waals surface area contributed by atoms with Gasteiger partial charge in [-0.3, -0.25) is 4.79 Å². The van der Waals surface area contributed by atoms with Crippen molar-refractivity contribution < 1.29 is 4.79 Å². The molecular formula is C26H19N3OS. The molecule has 0 unspecified atom stereocenters. The molecule has 0 spiro atoms. The molecule has 0 atom stereocenters. The van der Waals surface area contributed by atoms with Gasteiger partial charge in [-0.15, -0.1) is 0 Å². The number of amides is 1. The summed E-state index contributed by atoms with van der Waals surface area (Å²) in [7, 11) is 0. The van der Waals surface area contributed by atoms with E-state index in [1.165, 1.54) is 0 Å². The Labute approximate surface area is 184 Å². The number of rotatable bonds is 5. The summed E-state index contributed by atoms with van der Waals surface area (Å²) in [5.41, 5.74) is 4.24. The molecule has 1 aromatic heterocycles. The molecular weight excluding hydrogens is 402 g/mol. The lowest BCUT2D eigenvalue weighted by molar-refractivity contribution is 0.102. The summed E-state index contributed by atoms with van der Waals surface area (Å²) in [6.07, 6.45) is 0. The van der Waals surface area contributed by atoms with E-state index in [4.69, 9.17) is 0 Å². The zero-order valence-corrected chi connectivity index (χ0v) is 17.4. The van der Waals surface area contributed by atoms with Crippen LogP contribution in [0, 0.1) is 0 Å². The summed E-state index contributed by atoms with van der Waals surface area (Å²) in [4.78, 5) is 22.9. The smallest absolute Gasteiger partial charge is 0.255 e. The number of para-hydroxylation sites is 3. The quantitative estimate of drug-likeness (QED) is 0.335. The number of benzene rings is 4. The highest BCUT2D eigenvalue weighted by molar-refractivity contribution is 7.99. The van der Waals surface area contributed by atoms with Crippen LogP contribution in [0.15, 0.2) is 113 Å². The van der Waals surface area contributed by atoms with Gasteiger partial charge in [0.25, 0.3) is 5.91 Å². The standard InChI is InChI=1S/C26H19N3OS/c30-26(29-23-12-6-7-13-24(23)31-20-8-2-1-3-9-20)19-16-14-18(15-17-19)25-27-21-10-4-5-11-22(21)28-25/h1-17H,(H,27,28)(H,29,30). The van der Waals surface area contributed by atoms with E-state index in [9.17, 15) is 4.79 Å². The SMILES string of the molecule is O=C(Nc1ccccc1Sc1ccccc1)c1ccc(-c2nc3ccccc3[nH]2)cc1. The van der Waals surface area contributed by atoms with Crippen LogP contribution in [-0.2, 0) is 0 Å². The third-order valence-corrected chi connectivity index (χ3v) is 6.00. The Balaban J connectivity index is 1.34. The second kappa shape index (κ2) is 8.50. The van der Waals surface area contributed by atoms with Gasteiger partial charge < -0.3 is 10.3 Å². The second-order valence-corrected chi connectivity index (χ2v) is 8.16. The Bertz CT molecular complexity index is 1310. The molecule has 5 rings (SSSR count). The fraction of sp³-hybridized carbons (Fsp3) is 0. The average Bonchev–Trinajstić information content (AvgIpc) is 3.25. The van der Waals surface area contributed by atoms with Crippen LogP contribution < -0.4 is 5.32 Å². The topological polar surface area (TPSA) is 57.8 Å². The average molecular weight is 422 g/mol. The first kappa shape index (κ1) is 19.2. The van der Waals surface area contributed by atoms with Crippen molar-refractivity contribution in [1.82, 2.24) is 9.97 Å². The van der Waals surface area contributed by atoms with Crippen LogP contribution in [0.5, 0.6) is 0 Å². The number of carbonyl (C=O) groups excluding carboxylic acids is 1. The van der Waals surface area contributed by atoms with E-state index in [1.54, 1.807) is 11.8 Å². The Morgan fingerprint density at radius 1 is 0.774 bits per heavy atom. The molecule has 0 saturated heterocycles. The first-order valence-corrected chi connectivity index (χ1v) is 10.8. The minimum absolute atomic E-state index is 0.141. The summed E-state index contributed by atoms with van der Waals surface area (Å²) >= 11 is 1.63. The molecule has 0 aliphatic carbocycles. The van der Waals surface area contributed by atoms with Gasteiger partial charge in [-0.1, -0.05) is 66.4 Å². The van der Waals surface area contributed by atoms with E-state index in [1.807, 2.05) is 91.0 Å². The number of hydrogen-bond donors (Lipinski definition) is 2. The minimum Gasteiger partial charge on any atom is -0.338 e. The lowest BCUT2D eigenvalue weighted by Crippen LogP contribution is -2.12. The van der Waals surface area contributed by atoms with Crippen LogP contribution in [0.1, 0.15) is 10.4 Å². The number of nitrogens with one attached hydrogen (secondary N) is 2. The van der Waals surface area contributed by atoms with Gasteiger partial charge in [-0.25, -0.2) is 4.98 Å². The van der Waals surface area contributed by atoms with Crippen LogP contribution in [0.4, 0.5) is 5.69 Å². The van der Waals surface area contributed by atoms with Crippen molar-refractivity contribution in [3.8, 4) is 11.4 Å². The van der Waals surface area contributed by atoms with Gasteiger partial charge in [0.05, 0.1) is 16.7 Å². The molecule has 1 heterocycles. The molecule has 5 heteroatoms. The molecule has 2 N–H and O–H groups in total. The molecule has 0 radical (unpaired) electrons. The van der Waals surface area contributed by atoms with Crippen LogP contribution in [-0.4, -0.2) is 15.9 Å². The Morgan fingerprint density at radius 2 is 1.48 bits per heavy atom. The van der Waals surface area contributed by atoms with Crippen molar-refractivity contribution >= 4 is 34.4 Å². The Morgan fingerprint density at radius 3 is 2.29 bits per heavy atom. The van der Waals surface area contributed by atoms with Crippen molar-refractivity contribution in [2.45, 2.75) is 9.79 Å². The lowest BCUT2D eigenvalue weighted by atomic mass is 10.1. The number of carbonyl (C=O) groups is 1. The number of H-pyrrole nitrogens is 1. The highest BCUT2D eigenvalue weighted by atomic mass is 32.2. The minimum atomic E-state index is -0.141. The number of imidazole rings is 1. The zero-order chi connectivity index (χ0) is 21.0. The molecule has 0 bridgehead atoms. The predicted octanol–water partition coefficient (Wildman–Crippen LogP) is 6.63. The fourth-order valence-electron chi connectivity index (χ4n) is 3.34. The van der Waals surface area contributed by atoms with Crippen LogP contribution in [0.25, 0.3) is 22.4 Å². The number of hydrogen-bond acceptors (Lipinski definition) is 3. The summed E-state index contributed by atoms with van der Waals surface area (Å²) in [6, 6.07) is 33.3. The number of aromatic nitrogens is 2. The first-order chi connectivity index (χ1) is 15.3. The zero-order valence-electron chi connectivity index (χ0n) is 16.6. The van der Waals surface area contributed by atoms with Gasteiger partial charge in [0.15, 0.2) is 0 Å². The normalized spacial score (nSPS) is 10.8. The van der Waals surface area contributed by atoms with Gasteiger partial charge in [0.2, 0.25) is 0 Å². The number of aromatic amines is 1. The van der Waals surface area contributed by atoms with Gasteiger partial charge in [-0.05, 0) is 48.5 Å². The van der Waals surface area contributed by atoms with Crippen molar-refractivity contribution in [3.05, 3.63) is 109 Å². The fourth-order valence-corrected chi connectivity index (χ4v) is 4.26. The summed E-state index contributed by atoms with van der Waals surface area (Å²) in [5, 5.41) is 3.04. The van der Waals surface area contributed by atoms with E-state index in [0.717, 1.165) is 37.9 Å². The molecule has 0 fully saturated rings. The first-order valence-electron chi connectivity index (χ1n) is 9.95. The van der Waals surface area contributed by atoms with Crippen LogP contribution >= 0.6 is 11.8 Å². The number of nitrogens with zero attached hydrogens (tertiary/aromatic N) is 1. The van der Waals surface area contributed by atoms with Gasteiger partial charge >= 0.3 is 0 Å². The van der Waals surface area contributed by atoms with Crippen LogP contribution in [0.3, 0.4) is 0 Å². The lowest BCUT2D eigenvalue weighted by Gasteiger charge is -2.11. The highest BCUT2D eigenvalue weighted by Gasteiger charge is 2.11. The maximum atomic E-state index is 12.9. The molecule has 150 valence electrons. The Hall–Kier alpha value is -3.83. The molecule has 0 aliphatic rings. The number of anilines is 1. The van der Waals surface area contributed by atoms with E-state index in [0.29, 0.717) is 5.56 Å². The molecule has 4 nitrogen and oxygen atoms in total. The number of fused-ring (bicyclic) bond motifs is 1. The summed E-state index contributed by atoms with van der Waals surface area (Å²) < 4.78 is 0. The second-order valence-electron chi connectivity index (χ2n) is 7.05. The molecule has 4 aromatic carbocycles. The maximum Gasteiger partial charge on any atom is 0.255 e. The molecule has 0 aliphatic heterocycles. The van der Waals surface area contributed by atoms with Crippen molar-refractivity contribution in [1.29, 1.82) is 0 Å². The van der Waals surface area contributed by atoms with E-state index in [-0.39, 0.29) is 5.91 Å². The maximum absolute atomic E-state index is 12.9. The van der Waals surface area contributed by atoms with Crippen molar-refractivity contribution in [3.63, 3.8) is 0 Å². The van der Waals surface area contributed by atoms with E-state index >= 15 is 0 Å². The third-order valence-electron chi connectivity index (χ3n) is 4.92. The van der Waals surface area contributed by atoms with Gasteiger partial charge in [-0.2, -0.15) is 0 Å².